The van der Waals surface area contributed by atoms with Gasteiger partial charge in [0, 0.05) is 31.9 Å². The van der Waals surface area contributed by atoms with E-state index < -0.39 is 0 Å². The van der Waals surface area contributed by atoms with Crippen molar-refractivity contribution < 1.29 is 9.59 Å². The monoisotopic (exact) mass is 437 g/mol. The van der Waals surface area contributed by atoms with E-state index in [2.05, 4.69) is 36.9 Å². The molecule has 1 aliphatic carbocycles. The van der Waals surface area contributed by atoms with Crippen LogP contribution in [0.2, 0.25) is 5.02 Å². The van der Waals surface area contributed by atoms with Crippen molar-refractivity contribution in [3.63, 3.8) is 0 Å². The van der Waals surface area contributed by atoms with Gasteiger partial charge in [-0.1, -0.05) is 11.6 Å². The minimum atomic E-state index is -0.357. The van der Waals surface area contributed by atoms with Gasteiger partial charge in [0.05, 0.1) is 16.8 Å². The Morgan fingerprint density at radius 2 is 2.04 bits per heavy atom. The molecular formula is C17H17BrClN5O2. The van der Waals surface area contributed by atoms with Crippen molar-refractivity contribution in [2.45, 2.75) is 6.04 Å². The number of benzene rings is 1. The van der Waals surface area contributed by atoms with Gasteiger partial charge >= 0.3 is 0 Å². The summed E-state index contributed by atoms with van der Waals surface area (Å²) in [6.45, 7) is 1.91. The third kappa shape index (κ3) is 3.13. The zero-order chi connectivity index (χ0) is 18.4. The molecular weight excluding hydrogens is 422 g/mol. The lowest BCUT2D eigenvalue weighted by Gasteiger charge is -2.11. The van der Waals surface area contributed by atoms with Gasteiger partial charge in [-0.25, -0.2) is 4.98 Å². The van der Waals surface area contributed by atoms with Crippen LogP contribution in [0.1, 0.15) is 21.0 Å². The Morgan fingerprint density at radius 3 is 2.65 bits per heavy atom. The summed E-state index contributed by atoms with van der Waals surface area (Å²) in [7, 11) is 1.73. The van der Waals surface area contributed by atoms with Gasteiger partial charge in [0.1, 0.15) is 4.60 Å². The Labute approximate surface area is 163 Å². The minimum absolute atomic E-state index is 0.180. The van der Waals surface area contributed by atoms with Crippen LogP contribution in [-0.2, 0) is 7.05 Å². The fourth-order valence-corrected chi connectivity index (χ4v) is 3.96. The second kappa shape index (κ2) is 6.68. The zero-order valence-corrected chi connectivity index (χ0v) is 16.3. The maximum atomic E-state index is 12.4. The first-order valence-corrected chi connectivity index (χ1v) is 9.42. The SMILES string of the molecule is Cn1c(Br)cnc1C(=O)Nc1ccc(C(=O)N[C@H]2[C@@H]3CNC[C@@H]32)c(Cl)c1. The number of anilines is 1. The molecule has 2 fully saturated rings. The lowest BCUT2D eigenvalue weighted by Crippen LogP contribution is -2.32. The molecule has 7 nitrogen and oxygen atoms in total. The Balaban J connectivity index is 1.43. The van der Waals surface area contributed by atoms with Crippen molar-refractivity contribution in [3.8, 4) is 0 Å². The molecule has 2 heterocycles. The highest BCUT2D eigenvalue weighted by Gasteiger charge is 2.53. The molecule has 0 spiro atoms. The number of nitrogens with one attached hydrogen (secondary N) is 3. The predicted octanol–water partition coefficient (Wildman–Crippen LogP) is 2.04. The van der Waals surface area contributed by atoms with Crippen LogP contribution >= 0.6 is 27.5 Å². The normalized spacial score (nSPS) is 23.4. The van der Waals surface area contributed by atoms with E-state index in [0.29, 0.717) is 32.7 Å². The van der Waals surface area contributed by atoms with Gasteiger partial charge < -0.3 is 20.5 Å². The number of amides is 2. The number of carbonyl (C=O) groups is 2. The Bertz CT molecular complexity index is 889. The minimum Gasteiger partial charge on any atom is -0.349 e. The lowest BCUT2D eigenvalue weighted by atomic mass is 10.2. The number of fused-ring (bicyclic) bond motifs is 1. The first-order chi connectivity index (χ1) is 12.5. The maximum Gasteiger partial charge on any atom is 0.291 e. The van der Waals surface area contributed by atoms with E-state index in [1.807, 2.05) is 0 Å². The van der Waals surface area contributed by atoms with E-state index in [0.717, 1.165) is 13.1 Å². The average molecular weight is 439 g/mol. The van der Waals surface area contributed by atoms with Gasteiger partial charge in [0.25, 0.3) is 11.8 Å². The molecule has 0 bridgehead atoms. The second-order valence-electron chi connectivity index (χ2n) is 6.60. The number of nitrogens with zero attached hydrogens (tertiary/aromatic N) is 2. The van der Waals surface area contributed by atoms with Crippen molar-refractivity contribution in [2.24, 2.45) is 18.9 Å². The molecule has 1 aliphatic heterocycles. The first kappa shape index (κ1) is 17.5. The number of aromatic nitrogens is 2. The molecule has 3 N–H and O–H groups in total. The third-order valence-corrected chi connectivity index (χ3v) is 6.05. The molecule has 0 unspecified atom stereocenters. The van der Waals surface area contributed by atoms with E-state index in [1.165, 1.54) is 0 Å². The number of hydrogen-bond acceptors (Lipinski definition) is 4. The van der Waals surface area contributed by atoms with Gasteiger partial charge in [0.2, 0.25) is 0 Å². The molecule has 9 heteroatoms. The van der Waals surface area contributed by atoms with Gasteiger partial charge in [0.15, 0.2) is 5.82 Å². The molecule has 1 aromatic heterocycles. The summed E-state index contributed by atoms with van der Waals surface area (Å²) in [4.78, 5) is 28.8. The molecule has 1 saturated heterocycles. The highest BCUT2D eigenvalue weighted by Crippen LogP contribution is 2.41. The summed E-state index contributed by atoms with van der Waals surface area (Å²) >= 11 is 9.56. The van der Waals surface area contributed by atoms with Crippen LogP contribution in [0.15, 0.2) is 29.0 Å². The van der Waals surface area contributed by atoms with Crippen LogP contribution in [-0.4, -0.2) is 40.5 Å². The number of hydrogen-bond donors (Lipinski definition) is 3. The first-order valence-electron chi connectivity index (χ1n) is 8.25. The van der Waals surface area contributed by atoms with Crippen LogP contribution in [0.4, 0.5) is 5.69 Å². The van der Waals surface area contributed by atoms with Crippen LogP contribution < -0.4 is 16.0 Å². The van der Waals surface area contributed by atoms with Crippen molar-refractivity contribution in [1.29, 1.82) is 0 Å². The lowest BCUT2D eigenvalue weighted by molar-refractivity contribution is 0.0946. The van der Waals surface area contributed by atoms with Crippen molar-refractivity contribution in [1.82, 2.24) is 20.2 Å². The Kier molecular flexibility index (Phi) is 4.50. The van der Waals surface area contributed by atoms with Crippen molar-refractivity contribution >= 4 is 45.0 Å². The highest BCUT2D eigenvalue weighted by molar-refractivity contribution is 9.10. The molecule has 26 heavy (non-hydrogen) atoms. The number of piperidine rings is 1. The summed E-state index contributed by atoms with van der Waals surface area (Å²) in [5.74, 6) is 0.801. The summed E-state index contributed by atoms with van der Waals surface area (Å²) < 4.78 is 2.33. The van der Waals surface area contributed by atoms with Gasteiger partial charge in [-0.05, 0) is 46.0 Å². The summed E-state index contributed by atoms with van der Waals surface area (Å²) in [5, 5.41) is 9.37. The van der Waals surface area contributed by atoms with E-state index in [4.69, 9.17) is 11.6 Å². The van der Waals surface area contributed by atoms with Crippen LogP contribution in [0.25, 0.3) is 0 Å². The number of imidazole rings is 1. The highest BCUT2D eigenvalue weighted by atomic mass is 79.9. The van der Waals surface area contributed by atoms with Crippen LogP contribution in [0.3, 0.4) is 0 Å². The van der Waals surface area contributed by atoms with Crippen LogP contribution in [0, 0.1) is 11.8 Å². The average Bonchev–Trinajstić information content (AvgIpc) is 2.94. The largest absolute Gasteiger partial charge is 0.349 e. The molecule has 136 valence electrons. The summed E-state index contributed by atoms with van der Waals surface area (Å²) in [6.07, 6.45) is 1.55. The van der Waals surface area contributed by atoms with Crippen molar-refractivity contribution in [2.75, 3.05) is 18.4 Å². The molecule has 0 radical (unpaired) electrons. The molecule has 2 amide bonds. The Morgan fingerprint density at radius 1 is 1.31 bits per heavy atom. The third-order valence-electron chi connectivity index (χ3n) is 5.00. The summed E-state index contributed by atoms with van der Waals surface area (Å²) in [6, 6.07) is 5.09. The number of halogens is 2. The quantitative estimate of drug-likeness (QED) is 0.682. The summed E-state index contributed by atoms with van der Waals surface area (Å²) in [5.41, 5.74) is 0.908. The fourth-order valence-electron chi connectivity index (χ4n) is 3.43. The van der Waals surface area contributed by atoms with Gasteiger partial charge in [-0.2, -0.15) is 0 Å². The molecule has 2 aromatic rings. The number of carbonyl (C=O) groups excluding carboxylic acids is 2. The van der Waals surface area contributed by atoms with E-state index in [9.17, 15) is 9.59 Å². The fraction of sp³-hybridized carbons (Fsp3) is 0.353. The molecule has 3 atom stereocenters. The Hall–Kier alpha value is -1.90. The second-order valence-corrected chi connectivity index (χ2v) is 7.82. The molecule has 1 saturated carbocycles. The molecule has 2 aliphatic rings. The van der Waals surface area contributed by atoms with Gasteiger partial charge in [-0.3, -0.25) is 9.59 Å². The maximum absolute atomic E-state index is 12.4. The molecule has 4 rings (SSSR count). The predicted molar refractivity (Wildman–Crippen MR) is 101 cm³/mol. The number of rotatable bonds is 4. The smallest absolute Gasteiger partial charge is 0.291 e. The standard InChI is InChI=1S/C17H17BrClN5O2/c1-24-13(18)7-21-15(24)17(26)22-8-2-3-9(12(19)4-8)16(25)23-14-10-5-20-6-11(10)14/h2-4,7,10-11,14,20H,5-6H2,1H3,(H,22,26)(H,23,25)/t10-,11+,14+. The topological polar surface area (TPSA) is 88.0 Å². The van der Waals surface area contributed by atoms with E-state index in [-0.39, 0.29) is 23.7 Å². The van der Waals surface area contributed by atoms with Crippen molar-refractivity contribution in [3.05, 3.63) is 45.4 Å². The molecule has 1 aromatic carbocycles. The zero-order valence-electron chi connectivity index (χ0n) is 13.9. The van der Waals surface area contributed by atoms with Crippen LogP contribution in [0.5, 0.6) is 0 Å². The van der Waals surface area contributed by atoms with E-state index in [1.54, 1.807) is 36.0 Å². The van der Waals surface area contributed by atoms with E-state index >= 15 is 0 Å². The van der Waals surface area contributed by atoms with Gasteiger partial charge in [-0.15, -0.1) is 0 Å².